The lowest BCUT2D eigenvalue weighted by atomic mass is 9.65. The molecule has 3 saturated carbocycles. The topological polar surface area (TPSA) is 34.1 Å². The van der Waals surface area contributed by atoms with Gasteiger partial charge in [-0.05, 0) is 30.6 Å². The van der Waals surface area contributed by atoms with Crippen LogP contribution in [0.1, 0.15) is 53.4 Å². The molecule has 0 aromatic heterocycles. The molecule has 17 heavy (non-hydrogen) atoms. The molecular formula is C15H22O2. The quantitative estimate of drug-likeness (QED) is 0.645. The minimum Gasteiger partial charge on any atom is -0.299 e. The van der Waals surface area contributed by atoms with Crippen molar-refractivity contribution in [2.24, 2.45) is 28.1 Å². The summed E-state index contributed by atoms with van der Waals surface area (Å²) in [5.74, 6) is 1.14. The number of hydrogen-bond donors (Lipinski definition) is 0. The molecule has 0 bridgehead atoms. The molecule has 3 rings (SSSR count). The fourth-order valence-corrected chi connectivity index (χ4v) is 5.50. The van der Waals surface area contributed by atoms with Gasteiger partial charge in [0.1, 0.15) is 11.6 Å². The normalized spacial score (nSPS) is 51.8. The van der Waals surface area contributed by atoms with Gasteiger partial charge in [-0.3, -0.25) is 9.59 Å². The van der Waals surface area contributed by atoms with Gasteiger partial charge >= 0.3 is 0 Å². The Labute approximate surface area is 103 Å². The Morgan fingerprint density at radius 3 is 2.47 bits per heavy atom. The average Bonchev–Trinajstić information content (AvgIpc) is 2.67. The average molecular weight is 234 g/mol. The molecule has 0 aromatic rings. The van der Waals surface area contributed by atoms with Gasteiger partial charge < -0.3 is 0 Å². The van der Waals surface area contributed by atoms with Gasteiger partial charge in [-0.25, -0.2) is 0 Å². The van der Waals surface area contributed by atoms with Crippen LogP contribution in [0.3, 0.4) is 0 Å². The molecule has 2 nitrogen and oxygen atoms in total. The highest BCUT2D eigenvalue weighted by Gasteiger charge is 2.73. The van der Waals surface area contributed by atoms with Gasteiger partial charge in [0.15, 0.2) is 0 Å². The van der Waals surface area contributed by atoms with Crippen LogP contribution in [-0.4, -0.2) is 11.6 Å². The molecule has 0 N–H and O–H groups in total. The summed E-state index contributed by atoms with van der Waals surface area (Å²) in [7, 11) is 0. The second kappa shape index (κ2) is 2.84. The minimum absolute atomic E-state index is 0.0820. The van der Waals surface area contributed by atoms with Gasteiger partial charge in [0.2, 0.25) is 0 Å². The monoisotopic (exact) mass is 234 g/mol. The molecule has 3 fully saturated rings. The minimum atomic E-state index is -0.299. The van der Waals surface area contributed by atoms with Crippen LogP contribution in [0, 0.1) is 28.1 Å². The van der Waals surface area contributed by atoms with Crippen LogP contribution in [0.2, 0.25) is 0 Å². The second-order valence-corrected chi connectivity index (χ2v) is 7.50. The lowest BCUT2D eigenvalue weighted by Gasteiger charge is -2.36. The number of carbonyl (C=O) groups excluding carboxylic acids is 2. The van der Waals surface area contributed by atoms with Gasteiger partial charge in [0.25, 0.3) is 0 Å². The fraction of sp³-hybridized carbons (Fsp3) is 0.867. The molecule has 94 valence electrons. The molecule has 3 aliphatic rings. The first-order valence-electron chi connectivity index (χ1n) is 6.82. The Hall–Kier alpha value is -0.660. The summed E-state index contributed by atoms with van der Waals surface area (Å²) in [6, 6.07) is 0. The third-order valence-electron chi connectivity index (χ3n) is 6.13. The molecule has 2 heteroatoms. The molecule has 0 amide bonds. The Kier molecular flexibility index (Phi) is 1.91. The predicted molar refractivity (Wildman–Crippen MR) is 65.5 cm³/mol. The summed E-state index contributed by atoms with van der Waals surface area (Å²) in [5.41, 5.74) is -0.441. The Bertz CT molecular complexity index is 423. The zero-order chi connectivity index (χ0) is 12.6. The molecule has 1 spiro atoms. The van der Waals surface area contributed by atoms with Crippen molar-refractivity contribution in [3.05, 3.63) is 0 Å². The van der Waals surface area contributed by atoms with Crippen LogP contribution in [0.5, 0.6) is 0 Å². The third-order valence-corrected chi connectivity index (χ3v) is 6.13. The third kappa shape index (κ3) is 1.04. The Morgan fingerprint density at radius 2 is 1.82 bits per heavy atom. The van der Waals surface area contributed by atoms with E-state index in [2.05, 4.69) is 20.8 Å². The first-order valence-corrected chi connectivity index (χ1v) is 6.82. The largest absolute Gasteiger partial charge is 0.299 e. The van der Waals surface area contributed by atoms with Crippen LogP contribution < -0.4 is 0 Å². The lowest BCUT2D eigenvalue weighted by Crippen LogP contribution is -2.40. The molecule has 0 aromatic carbocycles. The first kappa shape index (κ1) is 11.4. The fourth-order valence-electron chi connectivity index (χ4n) is 5.50. The van der Waals surface area contributed by atoms with E-state index in [-0.39, 0.29) is 22.2 Å². The SMILES string of the molecule is C[C@@H]1C(=O)CC23C(=O)C(C)(C)C[C@]2(C)CC[C@@H]13. The van der Waals surface area contributed by atoms with E-state index in [1.54, 1.807) is 0 Å². The number of ketones is 2. The van der Waals surface area contributed by atoms with E-state index in [9.17, 15) is 9.59 Å². The maximum atomic E-state index is 12.9. The van der Waals surface area contributed by atoms with Gasteiger partial charge in [-0.15, -0.1) is 0 Å². The van der Waals surface area contributed by atoms with Gasteiger partial charge in [-0.1, -0.05) is 27.7 Å². The number of Topliss-reactive ketones (excluding diaryl/α,β-unsaturated/α-hetero) is 2. The highest BCUT2D eigenvalue weighted by atomic mass is 16.1. The van der Waals surface area contributed by atoms with Crippen LogP contribution >= 0.6 is 0 Å². The zero-order valence-corrected chi connectivity index (χ0v) is 11.3. The number of rotatable bonds is 0. The summed E-state index contributed by atoms with van der Waals surface area (Å²) in [5, 5.41) is 0. The van der Waals surface area contributed by atoms with E-state index in [4.69, 9.17) is 0 Å². The molecule has 3 aliphatic carbocycles. The molecule has 4 atom stereocenters. The van der Waals surface area contributed by atoms with Crippen molar-refractivity contribution in [3.8, 4) is 0 Å². The van der Waals surface area contributed by atoms with Crippen LogP contribution in [0.15, 0.2) is 0 Å². The van der Waals surface area contributed by atoms with Crippen molar-refractivity contribution < 1.29 is 9.59 Å². The highest BCUT2D eigenvalue weighted by Crippen LogP contribution is 2.73. The Morgan fingerprint density at radius 1 is 1.18 bits per heavy atom. The molecule has 0 saturated heterocycles. The van der Waals surface area contributed by atoms with Crippen molar-refractivity contribution in [1.82, 2.24) is 0 Å². The Balaban J connectivity index is 2.17. The van der Waals surface area contributed by atoms with E-state index >= 15 is 0 Å². The van der Waals surface area contributed by atoms with Crippen molar-refractivity contribution in [1.29, 1.82) is 0 Å². The van der Waals surface area contributed by atoms with Gasteiger partial charge in [-0.2, -0.15) is 0 Å². The maximum absolute atomic E-state index is 12.9. The number of carbonyl (C=O) groups is 2. The van der Waals surface area contributed by atoms with Crippen molar-refractivity contribution in [2.75, 3.05) is 0 Å². The predicted octanol–water partition coefficient (Wildman–Crippen LogP) is 3.00. The standard InChI is InChI=1S/C15H22O2/c1-9-10-5-6-14(4)8-13(2,3)12(17)15(10,14)7-11(9)16/h9-10H,5-8H2,1-4H3/t9-,10-,14-,15?/m0/s1. The van der Waals surface area contributed by atoms with Gasteiger partial charge in [0, 0.05) is 23.2 Å². The summed E-state index contributed by atoms with van der Waals surface area (Å²) in [6.07, 6.45) is 3.70. The molecule has 0 heterocycles. The second-order valence-electron chi connectivity index (χ2n) is 7.50. The summed E-state index contributed by atoms with van der Waals surface area (Å²) >= 11 is 0. The molecule has 1 unspecified atom stereocenters. The summed E-state index contributed by atoms with van der Waals surface area (Å²) in [6.45, 7) is 8.42. The molecule has 0 radical (unpaired) electrons. The first-order chi connectivity index (χ1) is 7.75. The van der Waals surface area contributed by atoms with Crippen LogP contribution in [0.25, 0.3) is 0 Å². The lowest BCUT2D eigenvalue weighted by molar-refractivity contribution is -0.136. The van der Waals surface area contributed by atoms with Crippen molar-refractivity contribution in [3.63, 3.8) is 0 Å². The van der Waals surface area contributed by atoms with Crippen LogP contribution in [-0.2, 0) is 9.59 Å². The van der Waals surface area contributed by atoms with E-state index in [1.165, 1.54) is 0 Å². The molecule has 0 aliphatic heterocycles. The van der Waals surface area contributed by atoms with E-state index in [0.717, 1.165) is 19.3 Å². The van der Waals surface area contributed by atoms with Gasteiger partial charge in [0.05, 0.1) is 0 Å². The van der Waals surface area contributed by atoms with E-state index in [0.29, 0.717) is 23.9 Å². The molecular weight excluding hydrogens is 212 g/mol. The summed E-state index contributed by atoms with van der Waals surface area (Å²) in [4.78, 5) is 24.9. The van der Waals surface area contributed by atoms with E-state index in [1.807, 2.05) is 6.92 Å². The highest BCUT2D eigenvalue weighted by molar-refractivity contribution is 6.01. The van der Waals surface area contributed by atoms with Crippen LogP contribution in [0.4, 0.5) is 0 Å². The van der Waals surface area contributed by atoms with Crippen molar-refractivity contribution >= 4 is 11.6 Å². The maximum Gasteiger partial charge on any atom is 0.145 e. The zero-order valence-electron chi connectivity index (χ0n) is 11.3. The number of hydrogen-bond acceptors (Lipinski definition) is 2. The van der Waals surface area contributed by atoms with Crippen molar-refractivity contribution in [2.45, 2.75) is 53.4 Å². The van der Waals surface area contributed by atoms with E-state index < -0.39 is 0 Å². The summed E-state index contributed by atoms with van der Waals surface area (Å²) < 4.78 is 0. The smallest absolute Gasteiger partial charge is 0.145 e.